The van der Waals surface area contributed by atoms with E-state index in [4.69, 9.17) is 9.47 Å². The number of ether oxygens (including phenoxy) is 2. The summed E-state index contributed by atoms with van der Waals surface area (Å²) in [5.74, 6) is 0.0267. The van der Waals surface area contributed by atoms with E-state index in [1.54, 1.807) is 24.1 Å². The Morgan fingerprint density at radius 3 is 2.86 bits per heavy atom. The molecular formula is C15H21FN2O3. The highest BCUT2D eigenvalue weighted by Crippen LogP contribution is 2.15. The van der Waals surface area contributed by atoms with Crippen LogP contribution in [0.25, 0.3) is 0 Å². The van der Waals surface area contributed by atoms with E-state index < -0.39 is 0 Å². The molecule has 116 valence electrons. The van der Waals surface area contributed by atoms with E-state index in [-0.39, 0.29) is 23.9 Å². The van der Waals surface area contributed by atoms with E-state index in [1.165, 1.54) is 12.1 Å². The van der Waals surface area contributed by atoms with Gasteiger partial charge in [-0.1, -0.05) is 6.07 Å². The first kappa shape index (κ1) is 15.7. The second-order valence-corrected chi connectivity index (χ2v) is 5.46. The summed E-state index contributed by atoms with van der Waals surface area (Å²) in [5.41, 5.74) is -0.228. The minimum Gasteiger partial charge on any atom is -0.492 e. The summed E-state index contributed by atoms with van der Waals surface area (Å²) in [6, 6.07) is 5.93. The number of benzene rings is 1. The van der Waals surface area contributed by atoms with Crippen LogP contribution >= 0.6 is 0 Å². The molecule has 0 saturated carbocycles. The zero-order valence-corrected chi connectivity index (χ0v) is 12.4. The second kappa shape index (κ2) is 6.87. The Hall–Kier alpha value is -1.66. The van der Waals surface area contributed by atoms with Gasteiger partial charge in [-0.15, -0.1) is 0 Å². The molecule has 0 aromatic heterocycles. The highest BCUT2D eigenvalue weighted by molar-refractivity contribution is 5.77. The monoisotopic (exact) mass is 296 g/mol. The van der Waals surface area contributed by atoms with Crippen molar-refractivity contribution >= 4 is 5.91 Å². The number of carbonyl (C=O) groups is 1. The van der Waals surface area contributed by atoms with E-state index in [0.717, 1.165) is 13.1 Å². The third kappa shape index (κ3) is 4.68. The van der Waals surface area contributed by atoms with Crippen molar-refractivity contribution in [3.05, 3.63) is 30.1 Å². The van der Waals surface area contributed by atoms with E-state index in [0.29, 0.717) is 18.9 Å². The van der Waals surface area contributed by atoms with Crippen molar-refractivity contribution in [1.82, 2.24) is 10.2 Å². The highest BCUT2D eigenvalue weighted by atomic mass is 19.1. The maximum Gasteiger partial charge on any atom is 0.248 e. The summed E-state index contributed by atoms with van der Waals surface area (Å²) in [6.45, 7) is 4.32. The molecular weight excluding hydrogens is 275 g/mol. The summed E-state index contributed by atoms with van der Waals surface area (Å²) < 4.78 is 24.0. The molecule has 1 aliphatic rings. The Morgan fingerprint density at radius 1 is 1.48 bits per heavy atom. The summed E-state index contributed by atoms with van der Waals surface area (Å²) >= 11 is 0. The quantitative estimate of drug-likeness (QED) is 0.817. The predicted octanol–water partition coefficient (Wildman–Crippen LogP) is 1.04. The lowest BCUT2D eigenvalue weighted by Gasteiger charge is -2.39. The topological polar surface area (TPSA) is 50.8 Å². The van der Waals surface area contributed by atoms with Crippen LogP contribution in [0.1, 0.15) is 6.92 Å². The lowest BCUT2D eigenvalue weighted by molar-refractivity contribution is -0.145. The minimum atomic E-state index is -0.340. The number of hydrogen-bond donors (Lipinski definition) is 1. The lowest BCUT2D eigenvalue weighted by atomic mass is 10.0. The molecule has 1 aromatic carbocycles. The number of rotatable bonds is 7. The Morgan fingerprint density at radius 2 is 2.24 bits per heavy atom. The number of amides is 1. The molecule has 5 nitrogen and oxygen atoms in total. The van der Waals surface area contributed by atoms with Gasteiger partial charge in [0.2, 0.25) is 5.91 Å². The number of nitrogens with one attached hydrogen (secondary N) is 1. The van der Waals surface area contributed by atoms with Crippen molar-refractivity contribution in [2.45, 2.75) is 12.5 Å². The van der Waals surface area contributed by atoms with Gasteiger partial charge >= 0.3 is 0 Å². The average molecular weight is 296 g/mol. The van der Waals surface area contributed by atoms with Gasteiger partial charge in [0.15, 0.2) is 0 Å². The zero-order chi connectivity index (χ0) is 15.3. The third-order valence-electron chi connectivity index (χ3n) is 3.46. The predicted molar refractivity (Wildman–Crippen MR) is 76.8 cm³/mol. The normalized spacial score (nSPS) is 16.1. The first-order chi connectivity index (χ1) is 9.98. The smallest absolute Gasteiger partial charge is 0.248 e. The Kier molecular flexibility index (Phi) is 5.14. The van der Waals surface area contributed by atoms with Crippen LogP contribution in [0.3, 0.4) is 0 Å². The van der Waals surface area contributed by atoms with E-state index >= 15 is 0 Å². The minimum absolute atomic E-state index is 0.0641. The molecule has 0 atom stereocenters. The summed E-state index contributed by atoms with van der Waals surface area (Å²) in [6.07, 6.45) is 0. The summed E-state index contributed by atoms with van der Waals surface area (Å²) in [4.78, 5) is 13.4. The summed E-state index contributed by atoms with van der Waals surface area (Å²) in [5, 5.41) is 3.11. The van der Waals surface area contributed by atoms with Crippen molar-refractivity contribution in [3.63, 3.8) is 0 Å². The SMILES string of the molecule is CN(CCOc1cccc(F)c1)C(=O)COC1(C)CNC1. The molecule has 0 radical (unpaired) electrons. The fourth-order valence-electron chi connectivity index (χ4n) is 1.91. The molecule has 0 bridgehead atoms. The first-order valence-electron chi connectivity index (χ1n) is 6.95. The van der Waals surface area contributed by atoms with Gasteiger partial charge in [-0.2, -0.15) is 0 Å². The van der Waals surface area contributed by atoms with Crippen molar-refractivity contribution in [1.29, 1.82) is 0 Å². The lowest BCUT2D eigenvalue weighted by Crippen LogP contribution is -2.59. The average Bonchev–Trinajstić information content (AvgIpc) is 2.42. The Bertz CT molecular complexity index is 492. The molecule has 1 heterocycles. The van der Waals surface area contributed by atoms with Crippen molar-refractivity contribution < 1.29 is 18.7 Å². The molecule has 6 heteroatoms. The molecule has 1 fully saturated rings. The molecule has 2 rings (SSSR count). The summed E-state index contributed by atoms with van der Waals surface area (Å²) in [7, 11) is 1.70. The van der Waals surface area contributed by atoms with Crippen LogP contribution in [0.5, 0.6) is 5.75 Å². The molecule has 0 aliphatic carbocycles. The van der Waals surface area contributed by atoms with E-state index in [1.807, 2.05) is 6.92 Å². The van der Waals surface area contributed by atoms with Gasteiger partial charge in [-0.25, -0.2) is 4.39 Å². The van der Waals surface area contributed by atoms with Gasteiger partial charge in [-0.05, 0) is 19.1 Å². The fraction of sp³-hybridized carbons (Fsp3) is 0.533. The van der Waals surface area contributed by atoms with E-state index in [2.05, 4.69) is 5.32 Å². The van der Waals surface area contributed by atoms with Gasteiger partial charge in [-0.3, -0.25) is 4.79 Å². The second-order valence-electron chi connectivity index (χ2n) is 5.46. The van der Waals surface area contributed by atoms with Crippen LogP contribution in [-0.2, 0) is 9.53 Å². The van der Waals surface area contributed by atoms with Gasteiger partial charge in [0.05, 0.1) is 12.1 Å². The van der Waals surface area contributed by atoms with Crippen LogP contribution in [-0.4, -0.2) is 56.3 Å². The molecule has 1 N–H and O–H groups in total. The number of hydrogen-bond acceptors (Lipinski definition) is 4. The van der Waals surface area contributed by atoms with Crippen molar-refractivity contribution in [2.24, 2.45) is 0 Å². The van der Waals surface area contributed by atoms with Gasteiger partial charge < -0.3 is 19.7 Å². The van der Waals surface area contributed by atoms with Crippen LogP contribution < -0.4 is 10.1 Å². The van der Waals surface area contributed by atoms with Crippen molar-refractivity contribution in [2.75, 3.05) is 39.9 Å². The van der Waals surface area contributed by atoms with Crippen molar-refractivity contribution in [3.8, 4) is 5.75 Å². The number of carbonyl (C=O) groups excluding carboxylic acids is 1. The standard InChI is InChI=1S/C15H21FN2O3/c1-15(10-17-11-15)21-9-14(19)18(2)6-7-20-13-5-3-4-12(16)8-13/h3-5,8,17H,6-7,9-11H2,1-2H3. The molecule has 0 unspecified atom stereocenters. The number of halogens is 1. The molecule has 1 aromatic rings. The number of likely N-dealkylation sites (N-methyl/N-ethyl adjacent to an activating group) is 1. The van der Waals surface area contributed by atoms with Gasteiger partial charge in [0.25, 0.3) is 0 Å². The van der Waals surface area contributed by atoms with Crippen LogP contribution in [0, 0.1) is 5.82 Å². The molecule has 1 amide bonds. The third-order valence-corrected chi connectivity index (χ3v) is 3.46. The largest absolute Gasteiger partial charge is 0.492 e. The van der Waals surface area contributed by atoms with Gasteiger partial charge in [0, 0.05) is 26.2 Å². The first-order valence-corrected chi connectivity index (χ1v) is 6.95. The van der Waals surface area contributed by atoms with Crippen LogP contribution in [0.2, 0.25) is 0 Å². The number of nitrogens with zero attached hydrogens (tertiary/aromatic N) is 1. The molecule has 0 spiro atoms. The van der Waals surface area contributed by atoms with Crippen LogP contribution in [0.4, 0.5) is 4.39 Å². The van der Waals surface area contributed by atoms with Gasteiger partial charge in [0.1, 0.15) is 24.8 Å². The maximum atomic E-state index is 13.0. The highest BCUT2D eigenvalue weighted by Gasteiger charge is 2.33. The molecule has 1 saturated heterocycles. The zero-order valence-electron chi connectivity index (χ0n) is 12.4. The fourth-order valence-corrected chi connectivity index (χ4v) is 1.91. The van der Waals surface area contributed by atoms with Crippen LogP contribution in [0.15, 0.2) is 24.3 Å². The maximum absolute atomic E-state index is 13.0. The van der Waals surface area contributed by atoms with E-state index in [9.17, 15) is 9.18 Å². The Balaban J connectivity index is 1.66. The molecule has 1 aliphatic heterocycles. The molecule has 21 heavy (non-hydrogen) atoms. The Labute approximate surface area is 124 Å².